The molecule has 0 radical (unpaired) electrons. The van der Waals surface area contributed by atoms with E-state index in [0.29, 0.717) is 36.4 Å². The minimum Gasteiger partial charge on any atom is -0.490 e. The number of fused-ring (bicyclic) bond motifs is 2. The summed E-state index contributed by atoms with van der Waals surface area (Å²) in [5, 5.41) is 5.79. The Balaban J connectivity index is 1.39. The van der Waals surface area contributed by atoms with E-state index >= 15 is 0 Å². The van der Waals surface area contributed by atoms with Crippen LogP contribution in [0.15, 0.2) is 48.5 Å². The van der Waals surface area contributed by atoms with E-state index in [4.69, 9.17) is 9.47 Å². The van der Waals surface area contributed by atoms with Gasteiger partial charge in [-0.05, 0) is 36.6 Å². The van der Waals surface area contributed by atoms with E-state index in [1.807, 2.05) is 44.2 Å². The molecule has 2 aromatic rings. The number of benzene rings is 2. The Kier molecular flexibility index (Phi) is 7.70. The highest BCUT2D eigenvalue weighted by atomic mass is 16.5. The topological polar surface area (TPSA) is 97.0 Å². The predicted octanol–water partition coefficient (Wildman–Crippen LogP) is 3.37. The summed E-state index contributed by atoms with van der Waals surface area (Å²) in [5.74, 6) is -0.0701. The summed E-state index contributed by atoms with van der Waals surface area (Å²) in [6.45, 7) is 4.38. The van der Waals surface area contributed by atoms with Crippen LogP contribution in [-0.4, -0.2) is 54.5 Å². The van der Waals surface area contributed by atoms with Crippen LogP contribution in [0.25, 0.3) is 0 Å². The van der Waals surface area contributed by atoms with E-state index < -0.39 is 0 Å². The number of nitrogens with zero attached hydrogens (tertiary/aromatic N) is 1. The number of amides is 3. The van der Waals surface area contributed by atoms with Crippen LogP contribution in [0.5, 0.6) is 5.75 Å². The molecule has 0 aromatic heterocycles. The third-order valence-electron chi connectivity index (χ3n) is 6.55. The summed E-state index contributed by atoms with van der Waals surface area (Å²) < 4.78 is 12.2. The molecule has 2 heterocycles. The third-order valence-corrected chi connectivity index (χ3v) is 6.55. The van der Waals surface area contributed by atoms with Gasteiger partial charge < -0.3 is 25.0 Å². The number of likely N-dealkylation sites (N-methyl/N-ethyl adjacent to an activating group) is 1. The van der Waals surface area contributed by atoms with E-state index in [9.17, 15) is 14.4 Å². The van der Waals surface area contributed by atoms with Gasteiger partial charge in [-0.2, -0.15) is 0 Å². The zero-order valence-electron chi connectivity index (χ0n) is 20.5. The van der Waals surface area contributed by atoms with Crippen molar-refractivity contribution in [3.05, 3.63) is 59.7 Å². The lowest BCUT2D eigenvalue weighted by Crippen LogP contribution is -2.53. The fraction of sp³-hybridized carbons (Fsp3) is 0.444. The smallest absolute Gasteiger partial charge is 0.257 e. The number of hydrogen-bond acceptors (Lipinski definition) is 5. The number of nitrogens with one attached hydrogen (secondary N) is 2. The average Bonchev–Trinajstić information content (AvgIpc) is 2.86. The van der Waals surface area contributed by atoms with Gasteiger partial charge in [-0.25, -0.2) is 0 Å². The Morgan fingerprint density at radius 1 is 1.11 bits per heavy atom. The maximum atomic E-state index is 13.3. The minimum atomic E-state index is -0.335. The molecule has 3 amide bonds. The monoisotopic (exact) mass is 479 g/mol. The molecule has 2 N–H and O–H groups in total. The van der Waals surface area contributed by atoms with Gasteiger partial charge in [0.15, 0.2) is 0 Å². The van der Waals surface area contributed by atoms with Crippen molar-refractivity contribution in [3.8, 4) is 5.75 Å². The van der Waals surface area contributed by atoms with E-state index in [2.05, 4.69) is 10.6 Å². The van der Waals surface area contributed by atoms with Crippen molar-refractivity contribution in [2.75, 3.05) is 19.0 Å². The predicted molar refractivity (Wildman–Crippen MR) is 132 cm³/mol. The quantitative estimate of drug-likeness (QED) is 0.662. The zero-order chi connectivity index (χ0) is 24.9. The third kappa shape index (κ3) is 6.00. The van der Waals surface area contributed by atoms with Crippen LogP contribution in [0.4, 0.5) is 5.69 Å². The normalized spacial score (nSPS) is 21.8. The van der Waals surface area contributed by atoms with Gasteiger partial charge >= 0.3 is 0 Å². The molecule has 2 aliphatic heterocycles. The van der Waals surface area contributed by atoms with Crippen molar-refractivity contribution in [2.24, 2.45) is 5.92 Å². The first kappa shape index (κ1) is 24.7. The van der Waals surface area contributed by atoms with Crippen molar-refractivity contribution in [1.29, 1.82) is 0 Å². The molecule has 3 atom stereocenters. The first-order chi connectivity index (χ1) is 16.8. The Morgan fingerprint density at radius 2 is 1.89 bits per heavy atom. The fourth-order valence-corrected chi connectivity index (χ4v) is 4.47. The van der Waals surface area contributed by atoms with Crippen molar-refractivity contribution < 1.29 is 23.9 Å². The second-order valence-corrected chi connectivity index (χ2v) is 9.49. The maximum Gasteiger partial charge on any atom is 0.257 e. The molecule has 1 fully saturated rings. The molecule has 0 aliphatic carbocycles. The van der Waals surface area contributed by atoms with Gasteiger partial charge in [0.05, 0.1) is 24.1 Å². The van der Waals surface area contributed by atoms with E-state index in [1.54, 1.807) is 30.1 Å². The summed E-state index contributed by atoms with van der Waals surface area (Å²) in [4.78, 5) is 39.6. The van der Waals surface area contributed by atoms with Gasteiger partial charge in [-0.3, -0.25) is 14.4 Å². The second kappa shape index (κ2) is 10.9. The number of carbonyl (C=O) groups excluding carboxylic acids is 3. The molecule has 2 aliphatic rings. The highest BCUT2D eigenvalue weighted by Crippen LogP contribution is 2.32. The van der Waals surface area contributed by atoms with Gasteiger partial charge in [-0.15, -0.1) is 0 Å². The van der Waals surface area contributed by atoms with Gasteiger partial charge in [0, 0.05) is 25.2 Å². The first-order valence-electron chi connectivity index (χ1n) is 12.1. The maximum absolute atomic E-state index is 13.3. The van der Waals surface area contributed by atoms with Gasteiger partial charge in [0.1, 0.15) is 18.5 Å². The molecular formula is C27H33N3O5. The van der Waals surface area contributed by atoms with Crippen LogP contribution in [0.1, 0.15) is 49.0 Å². The summed E-state index contributed by atoms with van der Waals surface area (Å²) in [7, 11) is 1.77. The van der Waals surface area contributed by atoms with Crippen molar-refractivity contribution in [3.63, 3.8) is 0 Å². The number of ether oxygens (including phenoxy) is 2. The first-order valence-corrected chi connectivity index (χ1v) is 12.1. The SMILES string of the molecule is CC(C)C(=O)Nc1ccc2c(c1)C(=O)N(C)[C@@H]1CC[C@@H](CC(=O)NCc3ccccc3)O[C@H]1CO2. The van der Waals surface area contributed by atoms with E-state index in [1.165, 1.54) is 0 Å². The molecule has 186 valence electrons. The standard InChI is InChI=1S/C27H33N3O5/c1-17(2)26(32)29-19-9-12-23-21(13-19)27(33)30(3)22-11-10-20(35-24(22)16-34-23)14-25(31)28-15-18-7-5-4-6-8-18/h4-9,12-13,17,20,22,24H,10-11,14-16H2,1-3H3,(H,28,31)(H,29,32)/t20-,22+,24-/m0/s1. The molecule has 2 aromatic carbocycles. The highest BCUT2D eigenvalue weighted by Gasteiger charge is 2.39. The largest absolute Gasteiger partial charge is 0.490 e. The number of carbonyl (C=O) groups is 3. The van der Waals surface area contributed by atoms with Gasteiger partial charge in [0.2, 0.25) is 11.8 Å². The molecule has 1 saturated heterocycles. The van der Waals surface area contributed by atoms with E-state index in [0.717, 1.165) is 5.56 Å². The summed E-state index contributed by atoms with van der Waals surface area (Å²) >= 11 is 0. The second-order valence-electron chi connectivity index (χ2n) is 9.49. The lowest BCUT2D eigenvalue weighted by atomic mass is 9.94. The minimum absolute atomic E-state index is 0.0604. The van der Waals surface area contributed by atoms with Crippen LogP contribution in [-0.2, 0) is 20.9 Å². The molecule has 8 nitrogen and oxygen atoms in total. The number of hydrogen-bond donors (Lipinski definition) is 2. The summed E-state index contributed by atoms with van der Waals surface area (Å²) in [5.41, 5.74) is 2.02. The van der Waals surface area contributed by atoms with Crippen molar-refractivity contribution in [1.82, 2.24) is 10.2 Å². The Labute approximate surface area is 206 Å². The number of rotatable bonds is 6. The number of anilines is 1. The molecule has 0 bridgehead atoms. The molecule has 0 spiro atoms. The van der Waals surface area contributed by atoms with Crippen LogP contribution in [0.2, 0.25) is 0 Å². The van der Waals surface area contributed by atoms with Crippen LogP contribution < -0.4 is 15.4 Å². The average molecular weight is 480 g/mol. The summed E-state index contributed by atoms with van der Waals surface area (Å²) in [6.07, 6.45) is 1.09. The molecule has 35 heavy (non-hydrogen) atoms. The molecular weight excluding hydrogens is 446 g/mol. The van der Waals surface area contributed by atoms with Crippen molar-refractivity contribution >= 4 is 23.4 Å². The molecule has 0 unspecified atom stereocenters. The summed E-state index contributed by atoms with van der Waals surface area (Å²) in [6, 6.07) is 14.7. The van der Waals surface area contributed by atoms with Crippen LogP contribution >= 0.6 is 0 Å². The Morgan fingerprint density at radius 3 is 2.63 bits per heavy atom. The fourth-order valence-electron chi connectivity index (χ4n) is 4.47. The molecule has 8 heteroatoms. The van der Waals surface area contributed by atoms with E-state index in [-0.39, 0.29) is 54.9 Å². The van der Waals surface area contributed by atoms with Gasteiger partial charge in [0.25, 0.3) is 5.91 Å². The Hall–Kier alpha value is -3.39. The Bertz CT molecular complexity index is 1070. The molecule has 4 rings (SSSR count). The lowest BCUT2D eigenvalue weighted by molar-refractivity contribution is -0.134. The highest BCUT2D eigenvalue weighted by molar-refractivity contribution is 6.00. The zero-order valence-corrected chi connectivity index (χ0v) is 20.5. The van der Waals surface area contributed by atoms with Crippen molar-refractivity contribution in [2.45, 2.75) is 57.9 Å². The van der Waals surface area contributed by atoms with Crippen LogP contribution in [0.3, 0.4) is 0 Å². The van der Waals surface area contributed by atoms with Gasteiger partial charge in [-0.1, -0.05) is 44.2 Å². The lowest BCUT2D eigenvalue weighted by Gasteiger charge is -2.42. The molecule has 0 saturated carbocycles. The van der Waals surface area contributed by atoms with Crippen LogP contribution in [0, 0.1) is 5.92 Å².